The Morgan fingerprint density at radius 1 is 1.83 bits per heavy atom. The van der Waals surface area contributed by atoms with Crippen molar-refractivity contribution in [3.05, 3.63) is 16.1 Å². The summed E-state index contributed by atoms with van der Waals surface area (Å²) in [5.41, 5.74) is 5.48. The van der Waals surface area contributed by atoms with Gasteiger partial charge < -0.3 is 10.8 Å². The molecule has 68 valence electrons. The van der Waals surface area contributed by atoms with E-state index in [1.165, 1.54) is 6.20 Å². The molecule has 4 nitrogen and oxygen atoms in total. The van der Waals surface area contributed by atoms with Crippen molar-refractivity contribution < 1.29 is 9.90 Å². The summed E-state index contributed by atoms with van der Waals surface area (Å²) in [6, 6.07) is -0.187. The molecule has 0 aliphatic rings. The zero-order valence-corrected chi connectivity index (χ0v) is 7.98. The van der Waals surface area contributed by atoms with Gasteiger partial charge >= 0.3 is 5.97 Å². The maximum absolute atomic E-state index is 10.4. The summed E-state index contributed by atoms with van der Waals surface area (Å²) < 4.78 is 0. The van der Waals surface area contributed by atoms with Crippen molar-refractivity contribution in [2.45, 2.75) is 13.0 Å². The van der Waals surface area contributed by atoms with Gasteiger partial charge in [-0.15, -0.1) is 23.7 Å². The highest BCUT2D eigenvalue weighted by molar-refractivity contribution is 7.13. The molecule has 0 radical (unpaired) electrons. The van der Waals surface area contributed by atoms with E-state index in [4.69, 9.17) is 10.8 Å². The Bertz CT molecular complexity index is 274. The van der Waals surface area contributed by atoms with E-state index in [-0.39, 0.29) is 23.3 Å². The fourth-order valence-electron chi connectivity index (χ4n) is 0.597. The van der Waals surface area contributed by atoms with Crippen LogP contribution in [0.2, 0.25) is 0 Å². The van der Waals surface area contributed by atoms with Crippen molar-refractivity contribution in [1.82, 2.24) is 4.98 Å². The first-order valence-electron chi connectivity index (χ1n) is 3.06. The van der Waals surface area contributed by atoms with Gasteiger partial charge in [-0.25, -0.2) is 9.78 Å². The van der Waals surface area contributed by atoms with Crippen LogP contribution in [0.3, 0.4) is 0 Å². The maximum atomic E-state index is 10.4. The van der Waals surface area contributed by atoms with E-state index in [0.29, 0.717) is 5.01 Å². The highest BCUT2D eigenvalue weighted by Crippen LogP contribution is 2.17. The standard InChI is InChI=1S/C6H8N2O2S.ClH/c1-3(7)5-8-2-4(11-5)6(9)10;/h2-3H,7H2,1H3,(H,9,10);1H. The van der Waals surface area contributed by atoms with Gasteiger partial charge in [0.25, 0.3) is 0 Å². The number of nitrogens with two attached hydrogens (primary N) is 1. The quantitative estimate of drug-likeness (QED) is 0.768. The van der Waals surface area contributed by atoms with Crippen molar-refractivity contribution in [3.63, 3.8) is 0 Å². The molecule has 0 fully saturated rings. The van der Waals surface area contributed by atoms with Gasteiger partial charge in [0.05, 0.1) is 12.2 Å². The first-order valence-corrected chi connectivity index (χ1v) is 3.87. The number of halogens is 1. The summed E-state index contributed by atoms with van der Waals surface area (Å²) in [6.07, 6.45) is 1.33. The van der Waals surface area contributed by atoms with Crippen LogP contribution >= 0.6 is 23.7 Å². The van der Waals surface area contributed by atoms with Crippen LogP contribution in [-0.4, -0.2) is 16.1 Å². The van der Waals surface area contributed by atoms with Gasteiger partial charge in [-0.3, -0.25) is 0 Å². The first-order chi connectivity index (χ1) is 5.11. The van der Waals surface area contributed by atoms with Crippen molar-refractivity contribution in [2.24, 2.45) is 5.73 Å². The molecular weight excluding hydrogens is 200 g/mol. The molecule has 1 heterocycles. The number of hydrogen-bond donors (Lipinski definition) is 2. The molecule has 12 heavy (non-hydrogen) atoms. The van der Waals surface area contributed by atoms with Gasteiger partial charge in [0.15, 0.2) is 0 Å². The van der Waals surface area contributed by atoms with Crippen LogP contribution in [0.25, 0.3) is 0 Å². The summed E-state index contributed by atoms with van der Waals surface area (Å²) in [7, 11) is 0. The second-order valence-corrected chi connectivity index (χ2v) is 3.22. The van der Waals surface area contributed by atoms with E-state index in [1.807, 2.05) is 0 Å². The van der Waals surface area contributed by atoms with Crippen molar-refractivity contribution in [3.8, 4) is 0 Å². The number of thiazole rings is 1. The van der Waals surface area contributed by atoms with Crippen molar-refractivity contribution in [2.75, 3.05) is 0 Å². The lowest BCUT2D eigenvalue weighted by Crippen LogP contribution is -2.03. The fraction of sp³-hybridized carbons (Fsp3) is 0.333. The molecule has 1 atom stereocenters. The Kier molecular flexibility index (Phi) is 4.16. The number of aromatic nitrogens is 1. The first kappa shape index (κ1) is 11.4. The van der Waals surface area contributed by atoms with Crippen LogP contribution in [0.4, 0.5) is 0 Å². The number of rotatable bonds is 2. The smallest absolute Gasteiger partial charge is 0.347 e. The highest BCUT2D eigenvalue weighted by atomic mass is 35.5. The maximum Gasteiger partial charge on any atom is 0.347 e. The van der Waals surface area contributed by atoms with E-state index < -0.39 is 5.97 Å². The molecule has 0 amide bonds. The second-order valence-electron chi connectivity index (χ2n) is 2.16. The number of carbonyl (C=O) groups is 1. The Morgan fingerprint density at radius 3 is 2.67 bits per heavy atom. The summed E-state index contributed by atoms with van der Waals surface area (Å²) in [5.74, 6) is -0.950. The lowest BCUT2D eigenvalue weighted by molar-refractivity contribution is 0.0702. The van der Waals surface area contributed by atoms with Crippen molar-refractivity contribution in [1.29, 1.82) is 0 Å². The van der Waals surface area contributed by atoms with Gasteiger partial charge in [0.1, 0.15) is 9.88 Å². The molecule has 0 aromatic carbocycles. The zero-order chi connectivity index (χ0) is 8.43. The predicted molar refractivity (Wildman–Crippen MR) is 48.9 cm³/mol. The molecule has 0 saturated heterocycles. The number of carboxylic acid groups (broad SMARTS) is 1. The van der Waals surface area contributed by atoms with Gasteiger partial charge in [-0.2, -0.15) is 0 Å². The minimum absolute atomic E-state index is 0. The third-order valence-electron chi connectivity index (χ3n) is 1.12. The molecule has 3 N–H and O–H groups in total. The van der Waals surface area contributed by atoms with E-state index in [0.717, 1.165) is 11.3 Å². The summed E-state index contributed by atoms with van der Waals surface area (Å²) in [6.45, 7) is 1.77. The van der Waals surface area contributed by atoms with E-state index >= 15 is 0 Å². The number of nitrogens with zero attached hydrogens (tertiary/aromatic N) is 1. The fourth-order valence-corrected chi connectivity index (χ4v) is 1.31. The molecule has 0 spiro atoms. The SMILES string of the molecule is CC(N)c1ncc(C(=O)O)s1.Cl. The van der Waals surface area contributed by atoms with Gasteiger partial charge in [-0.05, 0) is 6.92 Å². The van der Waals surface area contributed by atoms with Crippen LogP contribution in [-0.2, 0) is 0 Å². The Morgan fingerprint density at radius 2 is 2.42 bits per heavy atom. The van der Waals surface area contributed by atoms with Gasteiger partial charge in [0.2, 0.25) is 0 Å². The molecule has 0 aliphatic heterocycles. The Balaban J connectivity index is 0.00000121. The molecule has 0 saturated carbocycles. The summed E-state index contributed by atoms with van der Waals surface area (Å²) in [5, 5.41) is 9.16. The molecule has 0 aliphatic carbocycles. The molecule has 1 rings (SSSR count). The van der Waals surface area contributed by atoms with E-state index in [1.54, 1.807) is 6.92 Å². The van der Waals surface area contributed by atoms with Crippen LogP contribution in [0.15, 0.2) is 6.20 Å². The molecule has 0 bridgehead atoms. The average molecular weight is 209 g/mol. The van der Waals surface area contributed by atoms with E-state index in [9.17, 15) is 4.79 Å². The predicted octanol–water partition coefficient (Wildman–Crippen LogP) is 1.28. The molecular formula is C6H9ClN2O2S. The van der Waals surface area contributed by atoms with Gasteiger partial charge in [0, 0.05) is 0 Å². The molecule has 1 aromatic heterocycles. The van der Waals surface area contributed by atoms with Crippen LogP contribution in [0.5, 0.6) is 0 Å². The third-order valence-corrected chi connectivity index (χ3v) is 2.31. The molecule has 6 heteroatoms. The Labute approximate surface area is 79.8 Å². The average Bonchev–Trinajstić information content (AvgIpc) is 2.33. The minimum atomic E-state index is -0.950. The summed E-state index contributed by atoms with van der Waals surface area (Å²) >= 11 is 1.11. The monoisotopic (exact) mass is 208 g/mol. The summed E-state index contributed by atoms with van der Waals surface area (Å²) in [4.78, 5) is 14.4. The van der Waals surface area contributed by atoms with Crippen LogP contribution in [0.1, 0.15) is 27.6 Å². The number of carboxylic acids is 1. The molecule has 1 aromatic rings. The van der Waals surface area contributed by atoms with Crippen LogP contribution < -0.4 is 5.73 Å². The minimum Gasteiger partial charge on any atom is -0.477 e. The number of hydrogen-bond acceptors (Lipinski definition) is 4. The normalized spacial score (nSPS) is 11.8. The van der Waals surface area contributed by atoms with E-state index in [2.05, 4.69) is 4.98 Å². The lowest BCUT2D eigenvalue weighted by Gasteiger charge is -1.95. The third kappa shape index (κ3) is 2.44. The largest absolute Gasteiger partial charge is 0.477 e. The van der Waals surface area contributed by atoms with Crippen LogP contribution in [0, 0.1) is 0 Å². The number of aromatic carboxylic acids is 1. The zero-order valence-electron chi connectivity index (χ0n) is 6.35. The molecule has 1 unspecified atom stereocenters. The van der Waals surface area contributed by atoms with Crippen molar-refractivity contribution >= 4 is 29.7 Å². The Hall–Kier alpha value is -0.650. The topological polar surface area (TPSA) is 76.2 Å². The highest BCUT2D eigenvalue weighted by Gasteiger charge is 2.10. The second kappa shape index (κ2) is 4.39. The lowest BCUT2D eigenvalue weighted by atomic mass is 10.4. The van der Waals surface area contributed by atoms with Gasteiger partial charge in [-0.1, -0.05) is 0 Å².